The molecule has 6 heteroatoms. The van der Waals surface area contributed by atoms with E-state index in [2.05, 4.69) is 5.32 Å². The highest BCUT2D eigenvalue weighted by Crippen LogP contribution is 2.29. The summed E-state index contributed by atoms with van der Waals surface area (Å²) >= 11 is 0. The van der Waals surface area contributed by atoms with E-state index < -0.39 is 5.97 Å². The molecule has 0 fully saturated rings. The minimum absolute atomic E-state index is 0.0376. The van der Waals surface area contributed by atoms with Gasteiger partial charge in [0.1, 0.15) is 17.3 Å². The van der Waals surface area contributed by atoms with Crippen LogP contribution < -0.4 is 14.8 Å². The summed E-state index contributed by atoms with van der Waals surface area (Å²) < 4.78 is 15.7. The highest BCUT2D eigenvalue weighted by atomic mass is 16.5. The number of furan rings is 1. The van der Waals surface area contributed by atoms with Gasteiger partial charge in [-0.15, -0.1) is 0 Å². The first-order valence-corrected chi connectivity index (χ1v) is 6.33. The van der Waals surface area contributed by atoms with Gasteiger partial charge in [0.05, 0.1) is 26.5 Å². The average Bonchev–Trinajstić information content (AvgIpc) is 2.86. The summed E-state index contributed by atoms with van der Waals surface area (Å²) in [5, 5.41) is 12.1. The topological polar surface area (TPSA) is 80.9 Å². The molecule has 2 N–H and O–H groups in total. The van der Waals surface area contributed by atoms with Gasteiger partial charge in [-0.05, 0) is 25.1 Å². The molecule has 0 bridgehead atoms. The Morgan fingerprint density at radius 1 is 1.29 bits per heavy atom. The molecule has 0 saturated carbocycles. The van der Waals surface area contributed by atoms with Crippen LogP contribution in [0.1, 0.15) is 21.9 Å². The molecule has 0 spiro atoms. The summed E-state index contributed by atoms with van der Waals surface area (Å²) in [6, 6.07) is 7.08. The monoisotopic (exact) mass is 291 g/mol. The Labute approximate surface area is 122 Å². The fourth-order valence-electron chi connectivity index (χ4n) is 1.98. The number of hydrogen-bond donors (Lipinski definition) is 2. The number of carbonyl (C=O) groups is 1. The van der Waals surface area contributed by atoms with Gasteiger partial charge in [0.15, 0.2) is 0 Å². The van der Waals surface area contributed by atoms with Crippen LogP contribution in [0, 0.1) is 6.92 Å². The minimum atomic E-state index is -1.07. The second kappa shape index (κ2) is 6.21. The Hall–Kier alpha value is -2.63. The van der Waals surface area contributed by atoms with Gasteiger partial charge in [-0.3, -0.25) is 0 Å². The maximum Gasteiger partial charge on any atom is 0.372 e. The van der Waals surface area contributed by atoms with Gasteiger partial charge in [0, 0.05) is 11.6 Å². The summed E-state index contributed by atoms with van der Waals surface area (Å²) in [5.74, 6) is 0.787. The zero-order valence-electron chi connectivity index (χ0n) is 12.1. The largest absolute Gasteiger partial charge is 0.497 e. The molecule has 0 unspecified atom stereocenters. The standard InChI is InChI=1S/C15H17NO5/c1-9-6-11(21-14(9)15(17)18)8-16-12-7-10(19-2)4-5-13(12)20-3/h4-7,16H,8H2,1-3H3,(H,17,18). The summed E-state index contributed by atoms with van der Waals surface area (Å²) in [7, 11) is 3.16. The molecule has 21 heavy (non-hydrogen) atoms. The van der Waals surface area contributed by atoms with Crippen molar-refractivity contribution in [3.8, 4) is 11.5 Å². The summed E-state index contributed by atoms with van der Waals surface area (Å²) in [5.41, 5.74) is 1.33. The van der Waals surface area contributed by atoms with Crippen molar-refractivity contribution in [1.82, 2.24) is 0 Å². The van der Waals surface area contributed by atoms with E-state index in [0.717, 1.165) is 5.69 Å². The lowest BCUT2D eigenvalue weighted by Crippen LogP contribution is -2.01. The lowest BCUT2D eigenvalue weighted by molar-refractivity contribution is 0.0659. The van der Waals surface area contributed by atoms with E-state index in [1.807, 2.05) is 0 Å². The third kappa shape index (κ3) is 3.28. The van der Waals surface area contributed by atoms with Crippen LogP contribution >= 0.6 is 0 Å². The second-order valence-electron chi connectivity index (χ2n) is 4.45. The SMILES string of the molecule is COc1ccc(OC)c(NCc2cc(C)c(C(=O)O)o2)c1. The zero-order valence-corrected chi connectivity index (χ0v) is 12.1. The molecule has 1 heterocycles. The predicted octanol–water partition coefficient (Wildman–Crippen LogP) is 2.92. The quantitative estimate of drug-likeness (QED) is 0.851. The van der Waals surface area contributed by atoms with Crippen LogP contribution in [0.3, 0.4) is 0 Å². The molecule has 0 radical (unpaired) electrons. The first kappa shape index (κ1) is 14.8. The van der Waals surface area contributed by atoms with Crippen molar-refractivity contribution in [2.75, 3.05) is 19.5 Å². The average molecular weight is 291 g/mol. The maximum atomic E-state index is 10.9. The predicted molar refractivity (Wildman–Crippen MR) is 77.3 cm³/mol. The van der Waals surface area contributed by atoms with E-state index in [4.69, 9.17) is 19.0 Å². The molecular weight excluding hydrogens is 274 g/mol. The molecule has 6 nitrogen and oxygen atoms in total. The molecule has 0 aliphatic carbocycles. The fourth-order valence-corrected chi connectivity index (χ4v) is 1.98. The van der Waals surface area contributed by atoms with E-state index in [1.165, 1.54) is 0 Å². The van der Waals surface area contributed by atoms with Crippen LogP contribution in [0.5, 0.6) is 11.5 Å². The van der Waals surface area contributed by atoms with Crippen molar-refractivity contribution in [3.05, 3.63) is 41.3 Å². The van der Waals surface area contributed by atoms with Crippen LogP contribution in [0.2, 0.25) is 0 Å². The maximum absolute atomic E-state index is 10.9. The number of aryl methyl sites for hydroxylation is 1. The number of aromatic carboxylic acids is 1. The Kier molecular flexibility index (Phi) is 4.37. The number of benzene rings is 1. The second-order valence-corrected chi connectivity index (χ2v) is 4.45. The Balaban J connectivity index is 2.15. The number of rotatable bonds is 6. The molecule has 0 saturated heterocycles. The van der Waals surface area contributed by atoms with Crippen molar-refractivity contribution in [2.45, 2.75) is 13.5 Å². The number of ether oxygens (including phenoxy) is 2. The summed E-state index contributed by atoms with van der Waals surface area (Å²) in [4.78, 5) is 10.9. The number of anilines is 1. The van der Waals surface area contributed by atoms with E-state index in [0.29, 0.717) is 29.4 Å². The molecule has 112 valence electrons. The van der Waals surface area contributed by atoms with Gasteiger partial charge in [0.25, 0.3) is 0 Å². The van der Waals surface area contributed by atoms with E-state index in [-0.39, 0.29) is 5.76 Å². The van der Waals surface area contributed by atoms with E-state index in [9.17, 15) is 4.79 Å². The molecule has 2 aromatic rings. The third-order valence-electron chi connectivity index (χ3n) is 3.02. The summed E-state index contributed by atoms with van der Waals surface area (Å²) in [6.07, 6.45) is 0. The molecule has 0 aliphatic heterocycles. The van der Waals surface area contributed by atoms with Crippen LogP contribution in [0.4, 0.5) is 5.69 Å². The van der Waals surface area contributed by atoms with Crippen molar-refractivity contribution in [3.63, 3.8) is 0 Å². The molecule has 1 aromatic heterocycles. The highest BCUT2D eigenvalue weighted by Gasteiger charge is 2.14. The molecule has 0 amide bonds. The molecular formula is C15H17NO5. The van der Waals surface area contributed by atoms with Gasteiger partial charge in [0.2, 0.25) is 5.76 Å². The number of hydrogen-bond acceptors (Lipinski definition) is 5. The molecule has 0 atom stereocenters. The normalized spacial score (nSPS) is 10.2. The van der Waals surface area contributed by atoms with Crippen molar-refractivity contribution in [2.24, 2.45) is 0 Å². The Bertz CT molecular complexity index is 648. The summed E-state index contributed by atoms with van der Waals surface area (Å²) in [6.45, 7) is 2.04. The first-order valence-electron chi connectivity index (χ1n) is 6.33. The lowest BCUT2D eigenvalue weighted by Gasteiger charge is -2.11. The van der Waals surface area contributed by atoms with Crippen molar-refractivity contribution < 1.29 is 23.8 Å². The number of nitrogens with one attached hydrogen (secondary N) is 1. The molecule has 2 rings (SSSR count). The number of methoxy groups -OCH3 is 2. The van der Waals surface area contributed by atoms with Gasteiger partial charge < -0.3 is 24.3 Å². The van der Waals surface area contributed by atoms with Crippen LogP contribution in [-0.2, 0) is 6.54 Å². The Morgan fingerprint density at radius 3 is 2.62 bits per heavy atom. The fraction of sp³-hybridized carbons (Fsp3) is 0.267. The van der Waals surface area contributed by atoms with Gasteiger partial charge in [-0.25, -0.2) is 4.79 Å². The highest BCUT2D eigenvalue weighted by molar-refractivity contribution is 5.86. The third-order valence-corrected chi connectivity index (χ3v) is 3.02. The minimum Gasteiger partial charge on any atom is -0.497 e. The van der Waals surface area contributed by atoms with Gasteiger partial charge >= 0.3 is 5.97 Å². The van der Waals surface area contributed by atoms with Crippen LogP contribution in [0.25, 0.3) is 0 Å². The van der Waals surface area contributed by atoms with E-state index >= 15 is 0 Å². The molecule has 1 aromatic carbocycles. The number of carboxylic acid groups (broad SMARTS) is 1. The molecule has 0 aliphatic rings. The van der Waals surface area contributed by atoms with Crippen LogP contribution in [0.15, 0.2) is 28.7 Å². The Morgan fingerprint density at radius 2 is 2.05 bits per heavy atom. The van der Waals surface area contributed by atoms with Crippen molar-refractivity contribution >= 4 is 11.7 Å². The zero-order chi connectivity index (χ0) is 15.4. The lowest BCUT2D eigenvalue weighted by atomic mass is 10.2. The van der Waals surface area contributed by atoms with Crippen molar-refractivity contribution in [1.29, 1.82) is 0 Å². The smallest absolute Gasteiger partial charge is 0.372 e. The van der Waals surface area contributed by atoms with Crippen LogP contribution in [-0.4, -0.2) is 25.3 Å². The van der Waals surface area contributed by atoms with Gasteiger partial charge in [-0.2, -0.15) is 0 Å². The van der Waals surface area contributed by atoms with Gasteiger partial charge in [-0.1, -0.05) is 0 Å². The number of carboxylic acids is 1. The van der Waals surface area contributed by atoms with E-state index in [1.54, 1.807) is 45.4 Å². The first-order chi connectivity index (χ1) is 10.0.